The molecule has 0 aromatic carbocycles. The van der Waals surface area contributed by atoms with Crippen LogP contribution in [0.25, 0.3) is 0 Å². The summed E-state index contributed by atoms with van der Waals surface area (Å²) in [7, 11) is 0. The maximum absolute atomic E-state index is 12.8. The predicted molar refractivity (Wildman–Crippen MR) is 88.1 cm³/mol. The molecule has 8 heteroatoms. The number of fused-ring (bicyclic) bond motifs is 2. The molecule has 4 nitrogen and oxygen atoms in total. The van der Waals surface area contributed by atoms with Crippen molar-refractivity contribution in [1.82, 2.24) is 15.1 Å². The Kier molecular flexibility index (Phi) is 5.06. The summed E-state index contributed by atoms with van der Waals surface area (Å²) in [5, 5.41) is 6.13. The zero-order valence-electron chi connectivity index (χ0n) is 14.4. The average Bonchev–Trinajstić information content (AvgIpc) is 3.21. The first-order valence-electron chi connectivity index (χ1n) is 8.76. The first-order valence-corrected chi connectivity index (χ1v) is 9.14. The minimum Gasteiger partial charge on any atom is -0.353 e. The van der Waals surface area contributed by atoms with E-state index in [4.69, 9.17) is 11.6 Å². The van der Waals surface area contributed by atoms with Crippen LogP contribution in [0.4, 0.5) is 13.2 Å². The fourth-order valence-electron chi connectivity index (χ4n) is 4.47. The second kappa shape index (κ2) is 6.82. The van der Waals surface area contributed by atoms with Crippen molar-refractivity contribution in [3.05, 3.63) is 16.4 Å². The summed E-state index contributed by atoms with van der Waals surface area (Å²) in [4.78, 5) is 12.2. The van der Waals surface area contributed by atoms with E-state index in [1.54, 1.807) is 0 Å². The Morgan fingerprint density at radius 3 is 2.64 bits per heavy atom. The number of carbonyl (C=O) groups is 1. The van der Waals surface area contributed by atoms with E-state index in [0.717, 1.165) is 10.6 Å². The topological polar surface area (TPSA) is 46.9 Å². The third-order valence-electron chi connectivity index (χ3n) is 5.78. The molecule has 3 rings (SSSR count). The van der Waals surface area contributed by atoms with Crippen molar-refractivity contribution >= 4 is 17.5 Å². The highest BCUT2D eigenvalue weighted by Crippen LogP contribution is 2.49. The van der Waals surface area contributed by atoms with Gasteiger partial charge in [-0.2, -0.15) is 18.3 Å². The van der Waals surface area contributed by atoms with E-state index in [1.165, 1.54) is 32.6 Å². The van der Waals surface area contributed by atoms with Crippen LogP contribution in [-0.4, -0.2) is 21.7 Å². The van der Waals surface area contributed by atoms with Crippen LogP contribution >= 0.6 is 11.6 Å². The molecule has 0 saturated heterocycles. The maximum Gasteiger partial charge on any atom is 0.436 e. The van der Waals surface area contributed by atoms with Crippen LogP contribution in [0.5, 0.6) is 0 Å². The van der Waals surface area contributed by atoms with Crippen molar-refractivity contribution < 1.29 is 18.0 Å². The molecule has 140 valence electrons. The molecular formula is C17H23ClF3N3O. The van der Waals surface area contributed by atoms with Crippen LogP contribution in [0.1, 0.15) is 50.4 Å². The normalized spacial score (nSPS) is 26.9. The van der Waals surface area contributed by atoms with Crippen LogP contribution in [0.15, 0.2) is 0 Å². The Balaban J connectivity index is 1.54. The van der Waals surface area contributed by atoms with Gasteiger partial charge in [0.25, 0.3) is 0 Å². The van der Waals surface area contributed by atoms with Gasteiger partial charge in [-0.25, -0.2) is 0 Å². The lowest BCUT2D eigenvalue weighted by atomic mass is 9.84. The number of rotatable bonds is 5. The summed E-state index contributed by atoms with van der Waals surface area (Å²) in [6.07, 6.45) is 0.501. The van der Waals surface area contributed by atoms with Gasteiger partial charge in [0, 0.05) is 12.5 Å². The summed E-state index contributed by atoms with van der Waals surface area (Å²) >= 11 is 5.72. The molecule has 2 aliphatic carbocycles. The van der Waals surface area contributed by atoms with Gasteiger partial charge in [0.15, 0.2) is 5.69 Å². The van der Waals surface area contributed by atoms with E-state index in [-0.39, 0.29) is 30.6 Å². The summed E-state index contributed by atoms with van der Waals surface area (Å²) in [6, 6.07) is 0.107. The number of amides is 1. The van der Waals surface area contributed by atoms with Gasteiger partial charge in [-0.1, -0.05) is 18.0 Å². The number of aromatic nitrogens is 2. The van der Waals surface area contributed by atoms with Gasteiger partial charge < -0.3 is 5.32 Å². The zero-order chi connectivity index (χ0) is 18.4. The standard InChI is InChI=1S/C17H23ClF3N3O/c1-9(13-8-11-3-4-12(13)7-11)22-14(25)5-6-24-10(2)15(18)16(23-24)17(19,20)21/h9,11-13H,3-8H2,1-2H3,(H,22,25)/t9-,11-,12-,13+/m0/s1. The Hall–Kier alpha value is -1.24. The van der Waals surface area contributed by atoms with Gasteiger partial charge in [0.2, 0.25) is 5.91 Å². The number of nitrogens with one attached hydrogen (secondary N) is 1. The highest BCUT2D eigenvalue weighted by Gasteiger charge is 2.42. The molecule has 0 unspecified atom stereocenters. The Bertz CT molecular complexity index is 658. The first kappa shape index (κ1) is 18.5. The Labute approximate surface area is 150 Å². The van der Waals surface area contributed by atoms with E-state index < -0.39 is 16.9 Å². The monoisotopic (exact) mass is 377 g/mol. The van der Waals surface area contributed by atoms with Crippen molar-refractivity contribution in [3.63, 3.8) is 0 Å². The van der Waals surface area contributed by atoms with E-state index in [0.29, 0.717) is 11.8 Å². The van der Waals surface area contributed by atoms with Crippen molar-refractivity contribution in [3.8, 4) is 0 Å². The fraction of sp³-hybridized carbons (Fsp3) is 0.765. The third-order valence-corrected chi connectivity index (χ3v) is 6.23. The molecule has 4 atom stereocenters. The average molecular weight is 378 g/mol. The highest BCUT2D eigenvalue weighted by atomic mass is 35.5. The lowest BCUT2D eigenvalue weighted by molar-refractivity contribution is -0.141. The number of carbonyl (C=O) groups excluding carboxylic acids is 1. The van der Waals surface area contributed by atoms with Gasteiger partial charge in [-0.05, 0) is 50.9 Å². The molecule has 2 aliphatic rings. The van der Waals surface area contributed by atoms with Crippen LogP contribution < -0.4 is 5.32 Å². The second-order valence-electron chi connectivity index (χ2n) is 7.41. The van der Waals surface area contributed by atoms with Gasteiger partial charge in [0.05, 0.1) is 17.3 Å². The molecule has 25 heavy (non-hydrogen) atoms. The summed E-state index contributed by atoms with van der Waals surface area (Å²) in [6.45, 7) is 3.58. The third kappa shape index (κ3) is 3.81. The SMILES string of the molecule is Cc1c(Cl)c(C(F)(F)F)nn1CCC(=O)N[C@@H](C)[C@H]1C[C@H]2CC[C@H]1C2. The van der Waals surface area contributed by atoms with Crippen LogP contribution in [0, 0.1) is 24.7 Å². The molecule has 2 fully saturated rings. The molecule has 2 bridgehead atoms. The minimum atomic E-state index is -4.59. The van der Waals surface area contributed by atoms with Crippen molar-refractivity contribution in [2.75, 3.05) is 0 Å². The lowest BCUT2D eigenvalue weighted by Gasteiger charge is -2.28. The van der Waals surface area contributed by atoms with Gasteiger partial charge >= 0.3 is 6.18 Å². The number of halogens is 4. The quantitative estimate of drug-likeness (QED) is 0.836. The number of nitrogens with zero attached hydrogens (tertiary/aromatic N) is 2. The molecule has 1 amide bonds. The van der Waals surface area contributed by atoms with E-state index >= 15 is 0 Å². The largest absolute Gasteiger partial charge is 0.436 e. The van der Waals surface area contributed by atoms with Crippen molar-refractivity contribution in [2.45, 2.75) is 64.7 Å². The van der Waals surface area contributed by atoms with Crippen LogP contribution in [0.3, 0.4) is 0 Å². The van der Waals surface area contributed by atoms with Crippen molar-refractivity contribution in [2.24, 2.45) is 17.8 Å². The van der Waals surface area contributed by atoms with Gasteiger partial charge in [-0.3, -0.25) is 9.48 Å². The molecule has 2 saturated carbocycles. The van der Waals surface area contributed by atoms with Gasteiger partial charge in [-0.15, -0.1) is 0 Å². The summed E-state index contributed by atoms with van der Waals surface area (Å²) < 4.78 is 39.6. The first-order chi connectivity index (χ1) is 11.7. The minimum absolute atomic E-state index is 0.0803. The van der Waals surface area contributed by atoms with Crippen molar-refractivity contribution in [1.29, 1.82) is 0 Å². The molecule has 1 heterocycles. The van der Waals surface area contributed by atoms with Gasteiger partial charge in [0.1, 0.15) is 0 Å². The molecule has 0 radical (unpaired) electrons. The summed E-state index contributed by atoms with van der Waals surface area (Å²) in [5.74, 6) is 1.89. The smallest absolute Gasteiger partial charge is 0.353 e. The Morgan fingerprint density at radius 2 is 2.12 bits per heavy atom. The number of hydrogen-bond donors (Lipinski definition) is 1. The molecule has 1 aromatic rings. The highest BCUT2D eigenvalue weighted by molar-refractivity contribution is 6.31. The second-order valence-corrected chi connectivity index (χ2v) is 7.79. The molecule has 0 spiro atoms. The zero-order valence-corrected chi connectivity index (χ0v) is 15.1. The number of hydrogen-bond acceptors (Lipinski definition) is 2. The molecule has 0 aliphatic heterocycles. The molecule has 1 N–H and O–H groups in total. The van der Waals surface area contributed by atoms with E-state index in [9.17, 15) is 18.0 Å². The molecule has 1 aromatic heterocycles. The summed E-state index contributed by atoms with van der Waals surface area (Å²) in [5.41, 5.74) is -0.870. The van der Waals surface area contributed by atoms with Crippen LogP contribution in [-0.2, 0) is 17.5 Å². The van der Waals surface area contributed by atoms with E-state index in [2.05, 4.69) is 10.4 Å². The molecular weight excluding hydrogens is 355 g/mol. The van der Waals surface area contributed by atoms with E-state index in [1.807, 2.05) is 6.92 Å². The fourth-order valence-corrected chi connectivity index (χ4v) is 4.71. The number of aryl methyl sites for hydroxylation is 1. The lowest BCUT2D eigenvalue weighted by Crippen LogP contribution is -2.40. The number of alkyl halides is 3. The Morgan fingerprint density at radius 1 is 1.40 bits per heavy atom. The van der Waals surface area contributed by atoms with Crippen LogP contribution in [0.2, 0.25) is 5.02 Å². The maximum atomic E-state index is 12.8. The predicted octanol–water partition coefficient (Wildman–Crippen LogP) is 4.19.